The number of nitrogens with one attached hydrogen (secondary N) is 1. The first-order valence-corrected chi connectivity index (χ1v) is 9.40. The molecule has 0 bridgehead atoms. The Bertz CT molecular complexity index is 1090. The number of halogens is 2. The first-order valence-electron chi connectivity index (χ1n) is 7.82. The second kappa shape index (κ2) is 7.08. The lowest BCUT2D eigenvalue weighted by Gasteiger charge is -2.08. The van der Waals surface area contributed by atoms with Crippen LogP contribution in [0.25, 0.3) is 20.8 Å². The SMILES string of the molecule is O=C(Nc1cccc(-c2nc3ccccc3s2)c1)c1cc(Cl)ccc1Cl. The molecule has 0 spiro atoms. The predicted molar refractivity (Wildman–Crippen MR) is 109 cm³/mol. The number of hydrogen-bond acceptors (Lipinski definition) is 3. The fourth-order valence-electron chi connectivity index (χ4n) is 2.60. The van der Waals surface area contributed by atoms with Gasteiger partial charge in [-0.1, -0.05) is 47.5 Å². The number of rotatable bonds is 3. The van der Waals surface area contributed by atoms with Gasteiger partial charge in [-0.2, -0.15) is 0 Å². The first kappa shape index (κ1) is 17.0. The van der Waals surface area contributed by atoms with E-state index in [0.29, 0.717) is 21.3 Å². The number of carbonyl (C=O) groups is 1. The Morgan fingerprint density at radius 1 is 0.962 bits per heavy atom. The summed E-state index contributed by atoms with van der Waals surface area (Å²) in [5.74, 6) is -0.307. The van der Waals surface area contributed by atoms with Crippen LogP contribution < -0.4 is 5.32 Å². The van der Waals surface area contributed by atoms with Crippen LogP contribution in [0.15, 0.2) is 66.7 Å². The second-order valence-corrected chi connectivity index (χ2v) is 7.52. The minimum atomic E-state index is -0.307. The van der Waals surface area contributed by atoms with Crippen molar-refractivity contribution in [3.63, 3.8) is 0 Å². The van der Waals surface area contributed by atoms with Crippen LogP contribution in [0.1, 0.15) is 10.4 Å². The molecule has 3 aromatic carbocycles. The van der Waals surface area contributed by atoms with Gasteiger partial charge in [-0.15, -0.1) is 11.3 Å². The second-order valence-electron chi connectivity index (χ2n) is 5.65. The monoisotopic (exact) mass is 398 g/mol. The zero-order valence-electron chi connectivity index (χ0n) is 13.4. The van der Waals surface area contributed by atoms with Gasteiger partial charge in [-0.3, -0.25) is 4.79 Å². The van der Waals surface area contributed by atoms with Crippen molar-refractivity contribution >= 4 is 56.3 Å². The number of benzene rings is 3. The molecular weight excluding hydrogens is 387 g/mol. The molecule has 0 radical (unpaired) electrons. The Labute approximate surface area is 164 Å². The number of nitrogens with zero attached hydrogens (tertiary/aromatic N) is 1. The van der Waals surface area contributed by atoms with Gasteiger partial charge < -0.3 is 5.32 Å². The summed E-state index contributed by atoms with van der Waals surface area (Å²) in [6.45, 7) is 0. The van der Waals surface area contributed by atoms with Crippen molar-refractivity contribution in [3.8, 4) is 10.6 Å². The molecule has 1 heterocycles. The fourth-order valence-corrected chi connectivity index (χ4v) is 3.93. The minimum Gasteiger partial charge on any atom is -0.322 e. The zero-order chi connectivity index (χ0) is 18.1. The van der Waals surface area contributed by atoms with E-state index in [9.17, 15) is 4.79 Å². The van der Waals surface area contributed by atoms with E-state index < -0.39 is 0 Å². The Kier molecular flexibility index (Phi) is 4.64. The highest BCUT2D eigenvalue weighted by Gasteiger charge is 2.12. The Hall–Kier alpha value is -2.40. The molecule has 4 rings (SSSR count). The maximum atomic E-state index is 12.5. The molecule has 0 aliphatic carbocycles. The molecule has 128 valence electrons. The lowest BCUT2D eigenvalue weighted by molar-refractivity contribution is 0.102. The van der Waals surface area contributed by atoms with Gasteiger partial charge in [-0.25, -0.2) is 4.98 Å². The van der Waals surface area contributed by atoms with Crippen molar-refractivity contribution in [1.29, 1.82) is 0 Å². The Balaban J connectivity index is 1.63. The minimum absolute atomic E-state index is 0.307. The van der Waals surface area contributed by atoms with E-state index in [1.807, 2.05) is 48.5 Å². The average molecular weight is 399 g/mol. The van der Waals surface area contributed by atoms with E-state index in [4.69, 9.17) is 23.2 Å². The standard InChI is InChI=1S/C20H12Cl2N2OS/c21-13-8-9-16(22)15(11-13)19(25)23-14-5-3-4-12(10-14)20-24-17-6-1-2-7-18(17)26-20/h1-11H,(H,23,25). The summed E-state index contributed by atoms with van der Waals surface area (Å²) in [6, 6.07) is 20.4. The molecule has 0 saturated heterocycles. The smallest absolute Gasteiger partial charge is 0.257 e. The summed E-state index contributed by atoms with van der Waals surface area (Å²) in [6.07, 6.45) is 0. The highest BCUT2D eigenvalue weighted by Crippen LogP contribution is 2.31. The summed E-state index contributed by atoms with van der Waals surface area (Å²) in [5.41, 5.74) is 2.92. The number of aromatic nitrogens is 1. The lowest BCUT2D eigenvalue weighted by atomic mass is 10.1. The number of carbonyl (C=O) groups excluding carboxylic acids is 1. The third kappa shape index (κ3) is 3.44. The van der Waals surface area contributed by atoms with E-state index >= 15 is 0 Å². The summed E-state index contributed by atoms with van der Waals surface area (Å²) < 4.78 is 1.13. The molecule has 0 aliphatic rings. The molecule has 26 heavy (non-hydrogen) atoms. The number of amides is 1. The van der Waals surface area contributed by atoms with Crippen LogP contribution in [0.2, 0.25) is 10.0 Å². The molecule has 1 aromatic heterocycles. The molecule has 0 fully saturated rings. The number of fused-ring (bicyclic) bond motifs is 1. The van der Waals surface area contributed by atoms with Crippen LogP contribution in [0.4, 0.5) is 5.69 Å². The van der Waals surface area contributed by atoms with Crippen molar-refractivity contribution in [1.82, 2.24) is 4.98 Å². The van der Waals surface area contributed by atoms with Gasteiger partial charge >= 0.3 is 0 Å². The van der Waals surface area contributed by atoms with Gasteiger partial charge in [0.15, 0.2) is 0 Å². The average Bonchev–Trinajstić information content (AvgIpc) is 3.08. The number of para-hydroxylation sites is 1. The maximum absolute atomic E-state index is 12.5. The van der Waals surface area contributed by atoms with Gasteiger partial charge in [-0.05, 0) is 42.5 Å². The lowest BCUT2D eigenvalue weighted by Crippen LogP contribution is -2.12. The van der Waals surface area contributed by atoms with Crippen LogP contribution in [0.3, 0.4) is 0 Å². The summed E-state index contributed by atoms with van der Waals surface area (Å²) in [5, 5.41) is 4.59. The highest BCUT2D eigenvalue weighted by molar-refractivity contribution is 7.21. The molecular formula is C20H12Cl2N2OS. The highest BCUT2D eigenvalue weighted by atomic mass is 35.5. The van der Waals surface area contributed by atoms with Crippen molar-refractivity contribution in [3.05, 3.63) is 82.3 Å². The van der Waals surface area contributed by atoms with Crippen LogP contribution in [0.5, 0.6) is 0 Å². The van der Waals surface area contributed by atoms with Crippen LogP contribution in [-0.2, 0) is 0 Å². The quantitative estimate of drug-likeness (QED) is 0.426. The largest absolute Gasteiger partial charge is 0.322 e. The van der Waals surface area contributed by atoms with Crippen molar-refractivity contribution in [2.45, 2.75) is 0 Å². The van der Waals surface area contributed by atoms with Gasteiger partial charge in [0.2, 0.25) is 0 Å². The summed E-state index contributed by atoms with van der Waals surface area (Å²) >= 11 is 13.7. The fraction of sp³-hybridized carbons (Fsp3) is 0. The molecule has 6 heteroatoms. The van der Waals surface area contributed by atoms with Crippen LogP contribution in [0, 0.1) is 0 Å². The molecule has 3 nitrogen and oxygen atoms in total. The number of hydrogen-bond donors (Lipinski definition) is 1. The van der Waals surface area contributed by atoms with E-state index in [1.54, 1.807) is 29.5 Å². The van der Waals surface area contributed by atoms with E-state index in [2.05, 4.69) is 10.3 Å². The zero-order valence-corrected chi connectivity index (χ0v) is 15.7. The number of thiazole rings is 1. The van der Waals surface area contributed by atoms with Crippen LogP contribution in [-0.4, -0.2) is 10.9 Å². The maximum Gasteiger partial charge on any atom is 0.257 e. The van der Waals surface area contributed by atoms with Crippen molar-refractivity contribution in [2.24, 2.45) is 0 Å². The first-order chi connectivity index (χ1) is 12.6. The van der Waals surface area contributed by atoms with Gasteiger partial charge in [0.25, 0.3) is 5.91 Å². The summed E-state index contributed by atoms with van der Waals surface area (Å²) in [4.78, 5) is 17.2. The topological polar surface area (TPSA) is 42.0 Å². The van der Waals surface area contributed by atoms with E-state index in [-0.39, 0.29) is 5.91 Å². The molecule has 1 amide bonds. The van der Waals surface area contributed by atoms with Crippen molar-refractivity contribution < 1.29 is 4.79 Å². The molecule has 0 aliphatic heterocycles. The van der Waals surface area contributed by atoms with Crippen molar-refractivity contribution in [2.75, 3.05) is 5.32 Å². The van der Waals surface area contributed by atoms with Crippen LogP contribution >= 0.6 is 34.5 Å². The van der Waals surface area contributed by atoms with E-state index in [1.165, 1.54) is 0 Å². The molecule has 0 unspecified atom stereocenters. The molecule has 0 saturated carbocycles. The third-order valence-corrected chi connectivity index (χ3v) is 5.48. The molecule has 0 atom stereocenters. The summed E-state index contributed by atoms with van der Waals surface area (Å²) in [7, 11) is 0. The Morgan fingerprint density at radius 3 is 2.65 bits per heavy atom. The molecule has 1 N–H and O–H groups in total. The normalized spacial score (nSPS) is 10.8. The van der Waals surface area contributed by atoms with Gasteiger partial charge in [0, 0.05) is 16.3 Å². The van der Waals surface area contributed by atoms with Gasteiger partial charge in [0.05, 0.1) is 20.8 Å². The predicted octanol–water partition coefficient (Wildman–Crippen LogP) is 6.52. The van der Waals surface area contributed by atoms with Gasteiger partial charge in [0.1, 0.15) is 5.01 Å². The molecule has 4 aromatic rings. The third-order valence-electron chi connectivity index (χ3n) is 3.83. The Morgan fingerprint density at radius 2 is 1.81 bits per heavy atom. The number of anilines is 1. The van der Waals surface area contributed by atoms with E-state index in [0.717, 1.165) is 20.8 Å².